The van der Waals surface area contributed by atoms with Crippen LogP contribution < -0.4 is 0 Å². The molecule has 0 bridgehead atoms. The smallest absolute Gasteiger partial charge is 0.309 e. The molecular formula is C19H28O3. The van der Waals surface area contributed by atoms with Crippen LogP contribution in [-0.4, -0.2) is 22.8 Å². The maximum Gasteiger partial charge on any atom is 0.309 e. The third kappa shape index (κ3) is 2.64. The zero-order chi connectivity index (χ0) is 16.1. The lowest BCUT2D eigenvalue weighted by molar-refractivity contribution is -0.159. The fourth-order valence-electron chi connectivity index (χ4n) is 4.23. The largest absolute Gasteiger partial charge is 0.458 e. The zero-order valence-electron chi connectivity index (χ0n) is 14.0. The maximum absolute atomic E-state index is 12.0. The van der Waals surface area contributed by atoms with E-state index in [2.05, 4.69) is 26.5 Å². The van der Waals surface area contributed by atoms with Crippen LogP contribution in [0.1, 0.15) is 52.9 Å². The van der Waals surface area contributed by atoms with Crippen LogP contribution in [0.2, 0.25) is 0 Å². The van der Waals surface area contributed by atoms with Crippen LogP contribution in [0.5, 0.6) is 0 Å². The van der Waals surface area contributed by atoms with Crippen LogP contribution in [0, 0.1) is 23.7 Å². The van der Waals surface area contributed by atoms with E-state index in [1.54, 1.807) is 0 Å². The molecule has 1 N–H and O–H groups in total. The van der Waals surface area contributed by atoms with Crippen molar-refractivity contribution in [2.45, 2.75) is 64.6 Å². The minimum absolute atomic E-state index is 0.0836. The lowest BCUT2D eigenvalue weighted by Gasteiger charge is -2.51. The molecule has 122 valence electrons. The molecule has 0 aliphatic heterocycles. The van der Waals surface area contributed by atoms with Crippen molar-refractivity contribution in [3.05, 3.63) is 23.8 Å². The second-order valence-corrected chi connectivity index (χ2v) is 7.76. The second-order valence-electron chi connectivity index (χ2n) is 7.76. The van der Waals surface area contributed by atoms with Crippen molar-refractivity contribution >= 4 is 5.97 Å². The van der Waals surface area contributed by atoms with Gasteiger partial charge in [0.25, 0.3) is 0 Å². The van der Waals surface area contributed by atoms with E-state index in [0.717, 1.165) is 36.8 Å². The fourth-order valence-corrected chi connectivity index (χ4v) is 4.23. The van der Waals surface area contributed by atoms with Gasteiger partial charge < -0.3 is 9.84 Å². The summed E-state index contributed by atoms with van der Waals surface area (Å²) in [4.78, 5) is 12.0. The average molecular weight is 304 g/mol. The van der Waals surface area contributed by atoms with E-state index in [0.29, 0.717) is 12.3 Å². The molecule has 22 heavy (non-hydrogen) atoms. The Bertz CT molecular complexity index is 517. The first kappa shape index (κ1) is 15.8. The topological polar surface area (TPSA) is 46.5 Å². The van der Waals surface area contributed by atoms with Crippen LogP contribution >= 0.6 is 0 Å². The molecule has 0 aromatic carbocycles. The van der Waals surface area contributed by atoms with Gasteiger partial charge in [-0.25, -0.2) is 0 Å². The number of esters is 1. The zero-order valence-corrected chi connectivity index (χ0v) is 14.0. The van der Waals surface area contributed by atoms with E-state index in [-0.39, 0.29) is 29.8 Å². The molecule has 0 aromatic heterocycles. The lowest BCUT2D eigenvalue weighted by Crippen LogP contribution is -2.54. The molecule has 3 heteroatoms. The van der Waals surface area contributed by atoms with Gasteiger partial charge in [0, 0.05) is 12.3 Å². The average Bonchev–Trinajstić information content (AvgIpc) is 3.26. The molecule has 3 nitrogen and oxygen atoms in total. The summed E-state index contributed by atoms with van der Waals surface area (Å²) >= 11 is 0. The van der Waals surface area contributed by atoms with Crippen molar-refractivity contribution in [3.8, 4) is 0 Å². The van der Waals surface area contributed by atoms with Gasteiger partial charge >= 0.3 is 5.97 Å². The van der Waals surface area contributed by atoms with E-state index in [1.807, 2.05) is 6.92 Å². The van der Waals surface area contributed by atoms with E-state index < -0.39 is 5.60 Å². The van der Waals surface area contributed by atoms with Gasteiger partial charge in [0.15, 0.2) is 0 Å². The van der Waals surface area contributed by atoms with Gasteiger partial charge in [-0.1, -0.05) is 25.2 Å². The molecule has 0 amide bonds. The minimum atomic E-state index is -0.782. The first-order valence-corrected chi connectivity index (χ1v) is 8.59. The van der Waals surface area contributed by atoms with Gasteiger partial charge in [0.05, 0.1) is 11.5 Å². The van der Waals surface area contributed by atoms with Crippen LogP contribution in [0.15, 0.2) is 23.8 Å². The summed E-state index contributed by atoms with van der Waals surface area (Å²) < 4.78 is 5.70. The highest BCUT2D eigenvalue weighted by Crippen LogP contribution is 2.51. The predicted octanol–water partition coefficient (Wildman–Crippen LogP) is 3.63. The quantitative estimate of drug-likeness (QED) is 0.640. The molecular weight excluding hydrogens is 276 g/mol. The lowest BCUT2D eigenvalue weighted by atomic mass is 9.58. The molecule has 0 unspecified atom stereocenters. The number of carbonyl (C=O) groups excluding carboxylic acids is 1. The van der Waals surface area contributed by atoms with E-state index in [1.165, 1.54) is 0 Å². The van der Waals surface area contributed by atoms with E-state index >= 15 is 0 Å². The van der Waals surface area contributed by atoms with Crippen molar-refractivity contribution in [2.24, 2.45) is 23.7 Å². The molecule has 2 saturated carbocycles. The Kier molecular flexibility index (Phi) is 3.96. The molecule has 3 aliphatic rings. The van der Waals surface area contributed by atoms with E-state index in [9.17, 15) is 9.90 Å². The number of hydrogen-bond donors (Lipinski definition) is 1. The normalized spacial score (nSPS) is 41.4. The van der Waals surface area contributed by atoms with Gasteiger partial charge in [0.2, 0.25) is 0 Å². The van der Waals surface area contributed by atoms with Gasteiger partial charge in [-0.05, 0) is 56.9 Å². The van der Waals surface area contributed by atoms with Crippen molar-refractivity contribution in [2.75, 3.05) is 0 Å². The molecule has 0 aromatic rings. The summed E-state index contributed by atoms with van der Waals surface area (Å²) in [6, 6.07) is 0. The van der Waals surface area contributed by atoms with Crippen molar-refractivity contribution in [1.29, 1.82) is 0 Å². The Morgan fingerprint density at radius 3 is 2.64 bits per heavy atom. The Balaban J connectivity index is 1.85. The fraction of sp³-hybridized carbons (Fsp3) is 0.737. The van der Waals surface area contributed by atoms with Crippen LogP contribution in [0.3, 0.4) is 0 Å². The summed E-state index contributed by atoms with van der Waals surface area (Å²) in [5, 5.41) is 11.4. The predicted molar refractivity (Wildman–Crippen MR) is 86.1 cm³/mol. The third-order valence-corrected chi connectivity index (χ3v) is 6.04. The SMILES string of the molecule is C=C(C)[C@@H]1CC[C@@H](C)[C@]2(O)C[C@@H](OC(=O)C3CC3)C(C)=C[C@@H]12. The summed E-state index contributed by atoms with van der Waals surface area (Å²) in [6.07, 6.45) is 6.42. The molecule has 3 rings (SSSR count). The van der Waals surface area contributed by atoms with Crippen LogP contribution in [0.25, 0.3) is 0 Å². The first-order chi connectivity index (χ1) is 10.3. The molecule has 0 radical (unpaired) electrons. The van der Waals surface area contributed by atoms with Gasteiger partial charge in [-0.3, -0.25) is 4.79 Å². The summed E-state index contributed by atoms with van der Waals surface area (Å²) in [7, 11) is 0. The molecule has 0 saturated heterocycles. The molecule has 0 spiro atoms. The monoisotopic (exact) mass is 304 g/mol. The third-order valence-electron chi connectivity index (χ3n) is 6.04. The van der Waals surface area contributed by atoms with Gasteiger partial charge in [-0.15, -0.1) is 0 Å². The highest BCUT2D eigenvalue weighted by Gasteiger charge is 2.52. The second kappa shape index (κ2) is 5.52. The van der Waals surface area contributed by atoms with Crippen LogP contribution in [-0.2, 0) is 9.53 Å². The number of fused-ring (bicyclic) bond motifs is 1. The number of aliphatic hydroxyl groups is 1. The Morgan fingerprint density at radius 1 is 1.36 bits per heavy atom. The van der Waals surface area contributed by atoms with Crippen molar-refractivity contribution in [3.63, 3.8) is 0 Å². The molecule has 3 aliphatic carbocycles. The number of hydrogen-bond acceptors (Lipinski definition) is 3. The van der Waals surface area contributed by atoms with Crippen molar-refractivity contribution < 1.29 is 14.6 Å². The van der Waals surface area contributed by atoms with E-state index in [4.69, 9.17) is 4.74 Å². The number of carbonyl (C=O) groups is 1. The number of ether oxygens (including phenoxy) is 1. The van der Waals surface area contributed by atoms with Gasteiger partial charge in [-0.2, -0.15) is 0 Å². The molecule has 2 fully saturated rings. The summed E-state index contributed by atoms with van der Waals surface area (Å²) in [5.41, 5.74) is 1.45. The standard InChI is InChI=1S/C19H28O3/c1-11(2)15-8-5-13(4)19(21)10-17(12(3)9-16(15)19)22-18(20)14-6-7-14/h9,13-17,21H,1,5-8,10H2,2-4H3/t13-,15+,16+,17-,19-/m1/s1. The van der Waals surface area contributed by atoms with Gasteiger partial charge in [0.1, 0.15) is 6.10 Å². The highest BCUT2D eigenvalue weighted by molar-refractivity contribution is 5.75. The summed E-state index contributed by atoms with van der Waals surface area (Å²) in [5.74, 6) is 0.673. The highest BCUT2D eigenvalue weighted by atomic mass is 16.5. The Morgan fingerprint density at radius 2 is 2.05 bits per heavy atom. The summed E-state index contributed by atoms with van der Waals surface area (Å²) in [6.45, 7) is 10.3. The number of allylic oxidation sites excluding steroid dienone is 1. The minimum Gasteiger partial charge on any atom is -0.458 e. The molecule has 5 atom stereocenters. The Labute approximate surface area is 133 Å². The Hall–Kier alpha value is -1.09. The maximum atomic E-state index is 12.0. The number of rotatable bonds is 3. The molecule has 0 heterocycles. The van der Waals surface area contributed by atoms with Crippen molar-refractivity contribution in [1.82, 2.24) is 0 Å². The van der Waals surface area contributed by atoms with Crippen LogP contribution in [0.4, 0.5) is 0 Å². The first-order valence-electron chi connectivity index (χ1n) is 8.59.